The van der Waals surface area contributed by atoms with Gasteiger partial charge in [0.1, 0.15) is 17.8 Å². The Morgan fingerprint density at radius 2 is 1.97 bits per heavy atom. The number of fused-ring (bicyclic) bond motifs is 2. The van der Waals surface area contributed by atoms with Crippen molar-refractivity contribution in [3.63, 3.8) is 0 Å². The molecule has 35 heavy (non-hydrogen) atoms. The number of hydrogen-bond acceptors (Lipinski definition) is 9. The quantitative estimate of drug-likeness (QED) is 0.408. The van der Waals surface area contributed by atoms with Gasteiger partial charge in [0, 0.05) is 29.0 Å². The van der Waals surface area contributed by atoms with Crippen LogP contribution in [0.4, 0.5) is 5.82 Å². The molecule has 0 saturated heterocycles. The molecule has 1 aliphatic heterocycles. The molecule has 0 spiro atoms. The second kappa shape index (κ2) is 8.81. The Kier molecular flexibility index (Phi) is 5.79. The minimum atomic E-state index is -0.482. The molecule has 1 amide bonds. The molecule has 0 aliphatic carbocycles. The first kappa shape index (κ1) is 23.0. The zero-order valence-electron chi connectivity index (χ0n) is 19.9. The molecule has 5 rings (SSSR count). The predicted molar refractivity (Wildman–Crippen MR) is 131 cm³/mol. The molecule has 1 aromatic carbocycles. The maximum atomic E-state index is 12.4. The fourth-order valence-corrected chi connectivity index (χ4v) is 4.69. The molecule has 1 aliphatic rings. The highest BCUT2D eigenvalue weighted by molar-refractivity contribution is 7.99. The van der Waals surface area contributed by atoms with Crippen LogP contribution in [0.1, 0.15) is 26.5 Å². The first-order chi connectivity index (χ1) is 16.7. The van der Waals surface area contributed by atoms with E-state index >= 15 is 0 Å². The average molecular weight is 495 g/mol. The van der Waals surface area contributed by atoms with Crippen molar-refractivity contribution in [2.75, 3.05) is 19.1 Å². The van der Waals surface area contributed by atoms with Gasteiger partial charge in [-0.1, -0.05) is 32.5 Å². The third kappa shape index (κ3) is 4.51. The summed E-state index contributed by atoms with van der Waals surface area (Å²) in [5, 5.41) is 3.64. The molecule has 0 radical (unpaired) electrons. The SMILES string of the molecule is Cc1ccc(-c2cc3c(cc2Sc2nc4c(N)ncnc4n2CCNC(=O)C(C)(C)C)OCO3)o1. The standard InChI is InChI=1S/C24H26N6O4S/c1-13-5-6-15(34-13)14-9-16-17(33-12-32-16)10-18(14)35-23-29-19-20(25)27-11-28-21(19)30(23)8-7-26-22(31)24(2,3)4/h5-6,9-11H,7-8,12H2,1-4H3,(H,26,31)(H2,25,27,28). The minimum absolute atomic E-state index is 0.0310. The first-order valence-electron chi connectivity index (χ1n) is 11.1. The lowest BCUT2D eigenvalue weighted by Crippen LogP contribution is -2.36. The van der Waals surface area contributed by atoms with Crippen molar-refractivity contribution in [1.82, 2.24) is 24.8 Å². The number of amides is 1. The summed E-state index contributed by atoms with van der Waals surface area (Å²) in [6.07, 6.45) is 1.41. The summed E-state index contributed by atoms with van der Waals surface area (Å²) in [4.78, 5) is 26.5. The van der Waals surface area contributed by atoms with Crippen LogP contribution in [0.25, 0.3) is 22.5 Å². The number of aryl methyl sites for hydroxylation is 1. The molecule has 0 bridgehead atoms. The number of benzene rings is 1. The Balaban J connectivity index is 1.54. The Labute approximate surface area is 206 Å². The van der Waals surface area contributed by atoms with E-state index < -0.39 is 5.41 Å². The summed E-state index contributed by atoms with van der Waals surface area (Å²) >= 11 is 1.43. The zero-order valence-corrected chi connectivity index (χ0v) is 20.7. The Morgan fingerprint density at radius 1 is 1.20 bits per heavy atom. The molecule has 10 nitrogen and oxygen atoms in total. The van der Waals surface area contributed by atoms with Gasteiger partial charge in [-0.2, -0.15) is 0 Å². The number of furan rings is 1. The normalized spacial score (nSPS) is 12.9. The number of nitrogen functional groups attached to an aromatic ring is 1. The number of ether oxygens (including phenoxy) is 2. The van der Waals surface area contributed by atoms with E-state index in [1.165, 1.54) is 18.1 Å². The lowest BCUT2D eigenvalue weighted by atomic mass is 9.96. The summed E-state index contributed by atoms with van der Waals surface area (Å²) in [6.45, 7) is 8.56. The number of nitrogens with one attached hydrogen (secondary N) is 1. The molecule has 0 atom stereocenters. The largest absolute Gasteiger partial charge is 0.461 e. The van der Waals surface area contributed by atoms with Crippen LogP contribution in [0.15, 0.2) is 45.1 Å². The van der Waals surface area contributed by atoms with Crippen molar-refractivity contribution in [2.45, 2.75) is 44.3 Å². The molecule has 4 aromatic rings. The molecule has 3 aromatic heterocycles. The van der Waals surface area contributed by atoms with Crippen LogP contribution in [0.3, 0.4) is 0 Å². The number of rotatable bonds is 6. The average Bonchev–Trinajstić information content (AvgIpc) is 3.52. The Bertz CT molecular complexity index is 1420. The van der Waals surface area contributed by atoms with Gasteiger partial charge in [0.15, 0.2) is 33.6 Å². The summed E-state index contributed by atoms with van der Waals surface area (Å²) < 4.78 is 19.1. The van der Waals surface area contributed by atoms with Gasteiger partial charge >= 0.3 is 0 Å². The predicted octanol–water partition coefficient (Wildman–Crippen LogP) is 4.02. The third-order valence-corrected chi connectivity index (χ3v) is 6.56. The molecule has 3 N–H and O–H groups in total. The second-order valence-electron chi connectivity index (χ2n) is 9.20. The first-order valence-corrected chi connectivity index (χ1v) is 12.0. The number of anilines is 1. The molecule has 0 fully saturated rings. The summed E-state index contributed by atoms with van der Waals surface area (Å²) in [5.74, 6) is 3.09. The van der Waals surface area contributed by atoms with Crippen molar-refractivity contribution < 1.29 is 18.7 Å². The van der Waals surface area contributed by atoms with Gasteiger partial charge < -0.3 is 29.5 Å². The van der Waals surface area contributed by atoms with E-state index in [9.17, 15) is 4.79 Å². The summed E-state index contributed by atoms with van der Waals surface area (Å²) in [7, 11) is 0. The Hall–Kier alpha value is -3.73. The van der Waals surface area contributed by atoms with E-state index in [1.54, 1.807) is 0 Å². The lowest BCUT2D eigenvalue weighted by molar-refractivity contribution is -0.128. The van der Waals surface area contributed by atoms with E-state index in [0.717, 1.165) is 16.2 Å². The van der Waals surface area contributed by atoms with Crippen LogP contribution in [-0.2, 0) is 11.3 Å². The highest BCUT2D eigenvalue weighted by Crippen LogP contribution is 2.45. The highest BCUT2D eigenvalue weighted by atomic mass is 32.2. The summed E-state index contributed by atoms with van der Waals surface area (Å²) in [6, 6.07) is 7.66. The van der Waals surface area contributed by atoms with Crippen LogP contribution >= 0.6 is 11.8 Å². The molecular formula is C24H26N6O4S. The van der Waals surface area contributed by atoms with Crippen molar-refractivity contribution in [3.8, 4) is 22.8 Å². The summed E-state index contributed by atoms with van der Waals surface area (Å²) in [5.41, 5.74) is 7.58. The second-order valence-corrected chi connectivity index (χ2v) is 10.2. The smallest absolute Gasteiger partial charge is 0.231 e. The monoisotopic (exact) mass is 494 g/mol. The topological polar surface area (TPSA) is 130 Å². The number of nitrogens with zero attached hydrogens (tertiary/aromatic N) is 4. The molecule has 11 heteroatoms. The van der Waals surface area contributed by atoms with Gasteiger partial charge in [-0.15, -0.1) is 0 Å². The minimum Gasteiger partial charge on any atom is -0.461 e. The van der Waals surface area contributed by atoms with Gasteiger partial charge in [-0.25, -0.2) is 15.0 Å². The molecular weight excluding hydrogens is 468 g/mol. The maximum absolute atomic E-state index is 12.4. The van der Waals surface area contributed by atoms with Crippen molar-refractivity contribution in [3.05, 3.63) is 36.4 Å². The Morgan fingerprint density at radius 3 is 2.69 bits per heavy atom. The number of carbonyl (C=O) groups is 1. The number of nitrogens with two attached hydrogens (primary N) is 1. The highest BCUT2D eigenvalue weighted by Gasteiger charge is 2.24. The van der Waals surface area contributed by atoms with Crippen LogP contribution in [0.2, 0.25) is 0 Å². The van der Waals surface area contributed by atoms with Gasteiger partial charge in [0.2, 0.25) is 12.7 Å². The van der Waals surface area contributed by atoms with Gasteiger partial charge in [-0.05, 0) is 31.2 Å². The number of aromatic nitrogens is 4. The maximum Gasteiger partial charge on any atom is 0.231 e. The van der Waals surface area contributed by atoms with E-state index in [2.05, 4.69) is 15.3 Å². The molecule has 0 saturated carbocycles. The lowest BCUT2D eigenvalue weighted by Gasteiger charge is -2.18. The van der Waals surface area contributed by atoms with Crippen LogP contribution in [-0.4, -0.2) is 38.8 Å². The number of carbonyl (C=O) groups excluding carboxylic acids is 1. The van der Waals surface area contributed by atoms with Crippen molar-refractivity contribution >= 4 is 34.7 Å². The van der Waals surface area contributed by atoms with Crippen LogP contribution in [0, 0.1) is 12.3 Å². The van der Waals surface area contributed by atoms with Gasteiger partial charge in [0.25, 0.3) is 0 Å². The molecule has 0 unspecified atom stereocenters. The molecule has 182 valence electrons. The third-order valence-electron chi connectivity index (χ3n) is 5.51. The number of hydrogen-bond donors (Lipinski definition) is 2. The molecule has 4 heterocycles. The fraction of sp³-hybridized carbons (Fsp3) is 0.333. The van der Waals surface area contributed by atoms with E-state index in [1.807, 2.05) is 56.5 Å². The van der Waals surface area contributed by atoms with Gasteiger partial charge in [0.05, 0.1) is 0 Å². The van der Waals surface area contributed by atoms with Gasteiger partial charge in [-0.3, -0.25) is 4.79 Å². The van der Waals surface area contributed by atoms with E-state index in [0.29, 0.717) is 52.5 Å². The van der Waals surface area contributed by atoms with Crippen molar-refractivity contribution in [1.29, 1.82) is 0 Å². The fourth-order valence-electron chi connectivity index (χ4n) is 3.64. The van der Waals surface area contributed by atoms with Crippen molar-refractivity contribution in [2.24, 2.45) is 5.41 Å². The van der Waals surface area contributed by atoms with E-state index in [4.69, 9.17) is 24.6 Å². The zero-order chi connectivity index (χ0) is 24.7. The van der Waals surface area contributed by atoms with E-state index in [-0.39, 0.29) is 12.7 Å². The van der Waals surface area contributed by atoms with Crippen LogP contribution in [0.5, 0.6) is 11.5 Å². The van der Waals surface area contributed by atoms with Crippen LogP contribution < -0.4 is 20.5 Å². The number of imidazole rings is 1.